The molecule has 0 saturated heterocycles. The van der Waals surface area contributed by atoms with Crippen LogP contribution in [0.15, 0.2) is 54.6 Å². The molecule has 88 valence electrons. The first-order valence-electron chi connectivity index (χ1n) is 5.72. The van der Waals surface area contributed by atoms with Crippen molar-refractivity contribution in [1.82, 2.24) is 0 Å². The standard InChI is InChI=1S/C15H16O2/c16-11-13-8-4-5-9-14(13)15(17)10-12-6-2-1-3-7-12/h1-9,15-17H,10-11H2. The van der Waals surface area contributed by atoms with Gasteiger partial charge in [0.2, 0.25) is 0 Å². The second-order valence-electron chi connectivity index (χ2n) is 4.06. The summed E-state index contributed by atoms with van der Waals surface area (Å²) in [5.74, 6) is 0. The van der Waals surface area contributed by atoms with Crippen molar-refractivity contribution in [2.24, 2.45) is 0 Å². The third-order valence-corrected chi connectivity index (χ3v) is 2.86. The van der Waals surface area contributed by atoms with Gasteiger partial charge >= 0.3 is 0 Å². The minimum Gasteiger partial charge on any atom is -0.392 e. The highest BCUT2D eigenvalue weighted by Gasteiger charge is 2.11. The maximum Gasteiger partial charge on any atom is 0.0833 e. The van der Waals surface area contributed by atoms with Gasteiger partial charge in [-0.2, -0.15) is 0 Å². The molecule has 0 aromatic heterocycles. The summed E-state index contributed by atoms with van der Waals surface area (Å²) in [6.07, 6.45) is -0.00144. The maximum absolute atomic E-state index is 10.2. The molecule has 1 atom stereocenters. The van der Waals surface area contributed by atoms with Crippen molar-refractivity contribution in [3.8, 4) is 0 Å². The summed E-state index contributed by atoms with van der Waals surface area (Å²) in [7, 11) is 0. The zero-order valence-corrected chi connectivity index (χ0v) is 9.58. The molecule has 0 aliphatic rings. The van der Waals surface area contributed by atoms with Gasteiger partial charge in [-0.1, -0.05) is 54.6 Å². The summed E-state index contributed by atoms with van der Waals surface area (Å²) in [5, 5.41) is 19.4. The quantitative estimate of drug-likeness (QED) is 0.844. The zero-order chi connectivity index (χ0) is 12.1. The van der Waals surface area contributed by atoms with E-state index in [1.54, 1.807) is 0 Å². The van der Waals surface area contributed by atoms with Crippen LogP contribution in [-0.2, 0) is 13.0 Å². The Hall–Kier alpha value is -1.64. The largest absolute Gasteiger partial charge is 0.392 e. The van der Waals surface area contributed by atoms with Gasteiger partial charge < -0.3 is 10.2 Å². The lowest BCUT2D eigenvalue weighted by Crippen LogP contribution is -2.05. The van der Waals surface area contributed by atoms with Gasteiger partial charge in [-0.25, -0.2) is 0 Å². The maximum atomic E-state index is 10.2. The highest BCUT2D eigenvalue weighted by atomic mass is 16.3. The van der Waals surface area contributed by atoms with Gasteiger partial charge in [-0.3, -0.25) is 0 Å². The van der Waals surface area contributed by atoms with Crippen LogP contribution in [-0.4, -0.2) is 10.2 Å². The zero-order valence-electron chi connectivity index (χ0n) is 9.58. The van der Waals surface area contributed by atoms with Crippen LogP contribution in [0.3, 0.4) is 0 Å². The Kier molecular flexibility index (Phi) is 3.91. The van der Waals surface area contributed by atoms with Crippen molar-refractivity contribution in [3.05, 3.63) is 71.3 Å². The third-order valence-electron chi connectivity index (χ3n) is 2.86. The molecule has 2 aromatic rings. The Balaban J connectivity index is 2.17. The number of aliphatic hydroxyl groups excluding tert-OH is 2. The Bertz CT molecular complexity index is 465. The minimum atomic E-state index is -0.569. The Morgan fingerprint density at radius 1 is 0.882 bits per heavy atom. The molecule has 0 fully saturated rings. The SMILES string of the molecule is OCc1ccccc1C(O)Cc1ccccc1. The summed E-state index contributed by atoms with van der Waals surface area (Å²) in [6.45, 7) is -0.0397. The monoisotopic (exact) mass is 228 g/mol. The van der Waals surface area contributed by atoms with E-state index in [0.29, 0.717) is 6.42 Å². The first kappa shape index (κ1) is 11.8. The van der Waals surface area contributed by atoms with Gasteiger partial charge in [-0.15, -0.1) is 0 Å². The highest BCUT2D eigenvalue weighted by Crippen LogP contribution is 2.21. The van der Waals surface area contributed by atoms with Crippen LogP contribution >= 0.6 is 0 Å². The third kappa shape index (κ3) is 2.93. The molecular weight excluding hydrogens is 212 g/mol. The van der Waals surface area contributed by atoms with Gasteiger partial charge in [0.1, 0.15) is 0 Å². The molecule has 0 aliphatic heterocycles. The fourth-order valence-corrected chi connectivity index (χ4v) is 1.95. The van der Waals surface area contributed by atoms with E-state index in [9.17, 15) is 10.2 Å². The van der Waals surface area contributed by atoms with E-state index in [-0.39, 0.29) is 6.61 Å². The lowest BCUT2D eigenvalue weighted by atomic mass is 9.97. The van der Waals surface area contributed by atoms with Crippen LogP contribution in [0.1, 0.15) is 22.8 Å². The van der Waals surface area contributed by atoms with Gasteiger partial charge in [-0.05, 0) is 16.7 Å². The number of hydrogen-bond donors (Lipinski definition) is 2. The van der Waals surface area contributed by atoms with E-state index in [0.717, 1.165) is 16.7 Å². The van der Waals surface area contributed by atoms with Crippen LogP contribution in [0.5, 0.6) is 0 Å². The molecule has 2 nitrogen and oxygen atoms in total. The van der Waals surface area contributed by atoms with Crippen molar-refractivity contribution in [2.75, 3.05) is 0 Å². The van der Waals surface area contributed by atoms with Crippen LogP contribution in [0.2, 0.25) is 0 Å². The summed E-state index contributed by atoms with van der Waals surface area (Å²) in [5.41, 5.74) is 2.68. The fourth-order valence-electron chi connectivity index (χ4n) is 1.95. The first-order chi connectivity index (χ1) is 8.31. The molecule has 0 bridgehead atoms. The molecule has 0 spiro atoms. The molecule has 1 unspecified atom stereocenters. The van der Waals surface area contributed by atoms with Crippen LogP contribution in [0.25, 0.3) is 0 Å². The van der Waals surface area contributed by atoms with E-state index in [4.69, 9.17) is 0 Å². The molecule has 2 aromatic carbocycles. The lowest BCUT2D eigenvalue weighted by molar-refractivity contribution is 0.173. The number of hydrogen-bond acceptors (Lipinski definition) is 2. The van der Waals surface area contributed by atoms with Gasteiger partial charge in [0.05, 0.1) is 12.7 Å². The number of benzene rings is 2. The summed E-state index contributed by atoms with van der Waals surface area (Å²) in [4.78, 5) is 0. The average Bonchev–Trinajstić information content (AvgIpc) is 2.40. The molecule has 0 saturated carbocycles. The second kappa shape index (κ2) is 5.62. The highest BCUT2D eigenvalue weighted by molar-refractivity contribution is 5.30. The minimum absolute atomic E-state index is 0.0397. The molecule has 0 heterocycles. The number of rotatable bonds is 4. The molecule has 17 heavy (non-hydrogen) atoms. The van der Waals surface area contributed by atoms with Crippen molar-refractivity contribution >= 4 is 0 Å². The normalized spacial score (nSPS) is 12.4. The Labute approximate surface area is 101 Å². The summed E-state index contributed by atoms with van der Waals surface area (Å²) in [6, 6.07) is 17.3. The molecule has 2 N–H and O–H groups in total. The molecular formula is C15H16O2. The van der Waals surface area contributed by atoms with E-state index in [1.165, 1.54) is 0 Å². The second-order valence-corrected chi connectivity index (χ2v) is 4.06. The van der Waals surface area contributed by atoms with Crippen molar-refractivity contribution < 1.29 is 10.2 Å². The van der Waals surface area contributed by atoms with E-state index < -0.39 is 6.10 Å². The van der Waals surface area contributed by atoms with Crippen LogP contribution in [0, 0.1) is 0 Å². The van der Waals surface area contributed by atoms with Crippen LogP contribution < -0.4 is 0 Å². The van der Waals surface area contributed by atoms with Gasteiger partial charge in [0.25, 0.3) is 0 Å². The van der Waals surface area contributed by atoms with Crippen molar-refractivity contribution in [3.63, 3.8) is 0 Å². The van der Waals surface area contributed by atoms with Gasteiger partial charge in [0.15, 0.2) is 0 Å². The van der Waals surface area contributed by atoms with Crippen LogP contribution in [0.4, 0.5) is 0 Å². The van der Waals surface area contributed by atoms with E-state index >= 15 is 0 Å². The molecule has 2 rings (SSSR count). The fraction of sp³-hybridized carbons (Fsp3) is 0.200. The Morgan fingerprint density at radius 3 is 2.24 bits per heavy atom. The van der Waals surface area contributed by atoms with E-state index in [1.807, 2.05) is 54.6 Å². The summed E-state index contributed by atoms with van der Waals surface area (Å²) < 4.78 is 0. The van der Waals surface area contributed by atoms with Crippen molar-refractivity contribution in [2.45, 2.75) is 19.1 Å². The number of aliphatic hydroxyl groups is 2. The smallest absolute Gasteiger partial charge is 0.0833 e. The van der Waals surface area contributed by atoms with E-state index in [2.05, 4.69) is 0 Å². The molecule has 0 aliphatic carbocycles. The molecule has 2 heteroatoms. The summed E-state index contributed by atoms with van der Waals surface area (Å²) >= 11 is 0. The molecule has 0 radical (unpaired) electrons. The Morgan fingerprint density at radius 2 is 1.53 bits per heavy atom. The predicted molar refractivity (Wildman–Crippen MR) is 67.5 cm³/mol. The van der Waals surface area contributed by atoms with Crippen molar-refractivity contribution in [1.29, 1.82) is 0 Å². The molecule has 0 amide bonds. The first-order valence-corrected chi connectivity index (χ1v) is 5.72. The lowest BCUT2D eigenvalue weighted by Gasteiger charge is -2.14. The average molecular weight is 228 g/mol. The predicted octanol–water partition coefficient (Wildman–Crippen LogP) is 2.46. The topological polar surface area (TPSA) is 40.5 Å². The van der Waals surface area contributed by atoms with Gasteiger partial charge in [0, 0.05) is 6.42 Å².